The van der Waals surface area contributed by atoms with Crippen LogP contribution < -0.4 is 4.74 Å². The van der Waals surface area contributed by atoms with E-state index in [1.165, 1.54) is 12.1 Å². The molecule has 0 spiro atoms. The van der Waals surface area contributed by atoms with Gasteiger partial charge in [0.2, 0.25) is 0 Å². The van der Waals surface area contributed by atoms with E-state index in [2.05, 4.69) is 6.07 Å². The molecule has 1 aromatic heterocycles. The van der Waals surface area contributed by atoms with E-state index >= 15 is 0 Å². The van der Waals surface area contributed by atoms with Gasteiger partial charge in [-0.25, -0.2) is 4.79 Å². The predicted molar refractivity (Wildman–Crippen MR) is 92.3 cm³/mol. The van der Waals surface area contributed by atoms with Crippen LogP contribution in [0.2, 0.25) is 0 Å². The van der Waals surface area contributed by atoms with Gasteiger partial charge in [-0.1, -0.05) is 0 Å². The Hall–Kier alpha value is -3.30. The second-order valence-corrected chi connectivity index (χ2v) is 5.40. The second kappa shape index (κ2) is 7.07. The zero-order valence-corrected chi connectivity index (χ0v) is 13.6. The zero-order chi connectivity index (χ0) is 17.8. The van der Waals surface area contributed by atoms with Crippen LogP contribution in [0.4, 0.5) is 0 Å². The predicted octanol–water partition coefficient (Wildman–Crippen LogP) is 3.23. The van der Waals surface area contributed by atoms with E-state index in [9.17, 15) is 10.1 Å². The summed E-state index contributed by atoms with van der Waals surface area (Å²) in [6.45, 7) is 0.917. The highest BCUT2D eigenvalue weighted by Gasteiger charge is 2.12. The molecule has 0 aliphatic carbocycles. The van der Waals surface area contributed by atoms with Gasteiger partial charge in [-0.3, -0.25) is 0 Å². The molecule has 0 fully saturated rings. The molecule has 1 heterocycles. The third-order valence-corrected chi connectivity index (χ3v) is 3.85. The highest BCUT2D eigenvalue weighted by molar-refractivity contribution is 5.90. The first-order chi connectivity index (χ1) is 12.1. The number of hydrogen-bond donors (Lipinski definition) is 1. The summed E-state index contributed by atoms with van der Waals surface area (Å²) in [5.74, 6) is -0.300. The van der Waals surface area contributed by atoms with Gasteiger partial charge in [-0.05, 0) is 36.4 Å². The van der Waals surface area contributed by atoms with Crippen molar-refractivity contribution in [2.75, 3.05) is 20.3 Å². The minimum atomic E-state index is -0.976. The topological polar surface area (TPSA) is 84.5 Å². The van der Waals surface area contributed by atoms with Gasteiger partial charge in [0.25, 0.3) is 0 Å². The van der Waals surface area contributed by atoms with Crippen LogP contribution in [0.5, 0.6) is 5.75 Å². The molecular formula is C19H16N2O4. The summed E-state index contributed by atoms with van der Waals surface area (Å²) in [7, 11) is 1.61. The third kappa shape index (κ3) is 3.32. The van der Waals surface area contributed by atoms with Crippen LogP contribution in [-0.4, -0.2) is 36.0 Å². The molecule has 0 unspecified atom stereocenters. The van der Waals surface area contributed by atoms with Crippen LogP contribution in [0.15, 0.2) is 48.7 Å². The van der Waals surface area contributed by atoms with E-state index in [0.717, 1.165) is 16.6 Å². The summed E-state index contributed by atoms with van der Waals surface area (Å²) in [6, 6.07) is 14.2. The molecule has 0 bridgehead atoms. The summed E-state index contributed by atoms with van der Waals surface area (Å²) < 4.78 is 12.5. The Labute approximate surface area is 144 Å². The van der Waals surface area contributed by atoms with E-state index in [0.29, 0.717) is 24.5 Å². The Morgan fingerprint density at radius 3 is 2.60 bits per heavy atom. The maximum Gasteiger partial charge on any atom is 0.335 e. The van der Waals surface area contributed by atoms with Crippen molar-refractivity contribution in [1.29, 1.82) is 5.26 Å². The van der Waals surface area contributed by atoms with Crippen LogP contribution in [0.3, 0.4) is 0 Å². The number of rotatable bonds is 6. The fourth-order valence-electron chi connectivity index (χ4n) is 2.61. The molecule has 0 amide bonds. The number of carboxylic acids is 1. The number of carboxylic acid groups (broad SMARTS) is 1. The van der Waals surface area contributed by atoms with Gasteiger partial charge in [0.05, 0.1) is 23.3 Å². The fourth-order valence-corrected chi connectivity index (χ4v) is 2.61. The van der Waals surface area contributed by atoms with Crippen LogP contribution in [-0.2, 0) is 4.74 Å². The lowest BCUT2D eigenvalue weighted by molar-refractivity contribution is 0.0697. The van der Waals surface area contributed by atoms with E-state index < -0.39 is 5.97 Å². The Bertz CT molecular complexity index is 952. The summed E-state index contributed by atoms with van der Waals surface area (Å²) in [4.78, 5) is 11.0. The maximum atomic E-state index is 11.0. The number of carbonyl (C=O) groups is 1. The molecule has 0 aliphatic heterocycles. The van der Waals surface area contributed by atoms with Crippen LogP contribution in [0, 0.1) is 11.3 Å². The number of benzene rings is 2. The summed E-state index contributed by atoms with van der Waals surface area (Å²) >= 11 is 0. The molecule has 1 N–H and O–H groups in total. The largest absolute Gasteiger partial charge is 0.491 e. The van der Waals surface area contributed by atoms with Gasteiger partial charge < -0.3 is 19.1 Å². The standard InChI is InChI=1S/C19H16N2O4/c1-24-8-9-25-16-6-7-17-14(11-20)12-21(18(17)10-16)15-4-2-13(3-5-15)19(22)23/h2-7,10,12H,8-9H2,1H3,(H,22,23). The Morgan fingerprint density at radius 2 is 1.96 bits per heavy atom. The van der Waals surface area contributed by atoms with Gasteiger partial charge in [0.1, 0.15) is 18.4 Å². The number of methoxy groups -OCH3 is 1. The Balaban J connectivity index is 2.05. The average molecular weight is 336 g/mol. The Kier molecular flexibility index (Phi) is 4.68. The molecule has 2 aromatic carbocycles. The van der Waals surface area contributed by atoms with Crippen molar-refractivity contribution in [3.63, 3.8) is 0 Å². The van der Waals surface area contributed by atoms with E-state index in [-0.39, 0.29) is 5.56 Å². The minimum Gasteiger partial charge on any atom is -0.491 e. The lowest BCUT2D eigenvalue weighted by Gasteiger charge is -2.09. The lowest BCUT2D eigenvalue weighted by atomic mass is 10.2. The Morgan fingerprint density at radius 1 is 1.20 bits per heavy atom. The van der Waals surface area contributed by atoms with Crippen molar-refractivity contribution in [3.8, 4) is 17.5 Å². The molecule has 3 aromatic rings. The van der Waals surface area contributed by atoms with Crippen LogP contribution in [0.25, 0.3) is 16.6 Å². The van der Waals surface area contributed by atoms with Crippen molar-refractivity contribution in [1.82, 2.24) is 4.57 Å². The summed E-state index contributed by atoms with van der Waals surface area (Å²) in [6.07, 6.45) is 1.74. The molecule has 6 nitrogen and oxygen atoms in total. The summed E-state index contributed by atoms with van der Waals surface area (Å²) in [5, 5.41) is 19.2. The molecule has 0 saturated heterocycles. The second-order valence-electron chi connectivity index (χ2n) is 5.40. The van der Waals surface area contributed by atoms with E-state index in [1.54, 1.807) is 25.4 Å². The van der Waals surface area contributed by atoms with Crippen molar-refractivity contribution in [2.24, 2.45) is 0 Å². The molecule has 0 saturated carbocycles. The first-order valence-electron chi connectivity index (χ1n) is 7.64. The van der Waals surface area contributed by atoms with Gasteiger partial charge in [-0.15, -0.1) is 0 Å². The normalized spacial score (nSPS) is 10.6. The monoisotopic (exact) mass is 336 g/mol. The molecule has 0 aliphatic rings. The van der Waals surface area contributed by atoms with E-state index in [4.69, 9.17) is 14.6 Å². The number of nitrogens with zero attached hydrogens (tertiary/aromatic N) is 2. The molecule has 25 heavy (non-hydrogen) atoms. The molecule has 3 rings (SSSR count). The summed E-state index contributed by atoms with van der Waals surface area (Å²) in [5.41, 5.74) is 2.34. The maximum absolute atomic E-state index is 11.0. The number of ether oxygens (including phenoxy) is 2. The number of aromatic carboxylic acids is 1. The third-order valence-electron chi connectivity index (χ3n) is 3.85. The lowest BCUT2D eigenvalue weighted by Crippen LogP contribution is -2.04. The molecular weight excluding hydrogens is 320 g/mol. The quantitative estimate of drug-likeness (QED) is 0.699. The number of nitriles is 1. The number of fused-ring (bicyclic) bond motifs is 1. The van der Waals surface area contributed by atoms with Gasteiger partial charge in [0, 0.05) is 30.4 Å². The molecule has 126 valence electrons. The zero-order valence-electron chi connectivity index (χ0n) is 13.6. The van der Waals surface area contributed by atoms with Crippen LogP contribution >= 0.6 is 0 Å². The minimum absolute atomic E-state index is 0.212. The highest BCUT2D eigenvalue weighted by atomic mass is 16.5. The van der Waals surface area contributed by atoms with E-state index in [1.807, 2.05) is 22.8 Å². The van der Waals surface area contributed by atoms with Crippen LogP contribution in [0.1, 0.15) is 15.9 Å². The van der Waals surface area contributed by atoms with Gasteiger partial charge in [0.15, 0.2) is 0 Å². The SMILES string of the molecule is COCCOc1ccc2c(C#N)cn(-c3ccc(C(=O)O)cc3)c2c1. The van der Waals surface area contributed by atoms with Crippen molar-refractivity contribution in [3.05, 3.63) is 59.8 Å². The number of hydrogen-bond acceptors (Lipinski definition) is 4. The van der Waals surface area contributed by atoms with Crippen molar-refractivity contribution < 1.29 is 19.4 Å². The smallest absolute Gasteiger partial charge is 0.335 e. The van der Waals surface area contributed by atoms with Crippen molar-refractivity contribution in [2.45, 2.75) is 0 Å². The first kappa shape index (κ1) is 16.6. The fraction of sp³-hybridized carbons (Fsp3) is 0.158. The first-order valence-corrected chi connectivity index (χ1v) is 7.64. The van der Waals surface area contributed by atoms with Gasteiger partial charge in [-0.2, -0.15) is 5.26 Å². The molecule has 0 atom stereocenters. The molecule has 6 heteroatoms. The highest BCUT2D eigenvalue weighted by Crippen LogP contribution is 2.28. The molecule has 0 radical (unpaired) electrons. The average Bonchev–Trinajstić information content (AvgIpc) is 3.00. The van der Waals surface area contributed by atoms with Crippen molar-refractivity contribution >= 4 is 16.9 Å². The number of aromatic nitrogens is 1. The van der Waals surface area contributed by atoms with Gasteiger partial charge >= 0.3 is 5.97 Å².